The summed E-state index contributed by atoms with van der Waals surface area (Å²) in [6, 6.07) is 0. The molecule has 92 valence electrons. The van der Waals surface area contributed by atoms with E-state index < -0.39 is 0 Å². The minimum atomic E-state index is 0.694. The Morgan fingerprint density at radius 1 is 0.875 bits per heavy atom. The average molecular weight is 220 g/mol. The highest BCUT2D eigenvalue weighted by Crippen LogP contribution is 2.31. The molecule has 0 spiro atoms. The Morgan fingerprint density at radius 2 is 1.31 bits per heavy atom. The van der Waals surface area contributed by atoms with Crippen LogP contribution in [0.15, 0.2) is 34.4 Å². The molecule has 0 aromatic heterocycles. The Bertz CT molecular complexity index is 305. The summed E-state index contributed by atoms with van der Waals surface area (Å²) in [5.41, 5.74) is 6.96. The summed E-state index contributed by atoms with van der Waals surface area (Å²) in [4.78, 5) is 0. The van der Waals surface area contributed by atoms with Crippen LogP contribution < -0.4 is 0 Å². The van der Waals surface area contributed by atoms with Crippen LogP contribution in [-0.4, -0.2) is 0 Å². The van der Waals surface area contributed by atoms with Gasteiger partial charge in [0.2, 0.25) is 0 Å². The summed E-state index contributed by atoms with van der Waals surface area (Å²) in [5.74, 6) is 0.694. The van der Waals surface area contributed by atoms with Crippen LogP contribution in [0.4, 0.5) is 0 Å². The molecule has 0 aliphatic heterocycles. The third-order valence-electron chi connectivity index (χ3n) is 3.54. The van der Waals surface area contributed by atoms with E-state index in [0.717, 1.165) is 0 Å². The molecule has 0 nitrogen and oxygen atoms in total. The lowest BCUT2D eigenvalue weighted by Gasteiger charge is -2.22. The van der Waals surface area contributed by atoms with Crippen molar-refractivity contribution in [2.75, 3.05) is 0 Å². The molecule has 0 rings (SSSR count). The molecule has 0 heteroatoms. The van der Waals surface area contributed by atoms with Gasteiger partial charge in [-0.05, 0) is 70.1 Å². The zero-order valence-electron chi connectivity index (χ0n) is 12.2. The van der Waals surface area contributed by atoms with Gasteiger partial charge in [-0.2, -0.15) is 0 Å². The van der Waals surface area contributed by atoms with Gasteiger partial charge in [0.25, 0.3) is 0 Å². The van der Waals surface area contributed by atoms with E-state index in [1.54, 1.807) is 5.57 Å². The summed E-state index contributed by atoms with van der Waals surface area (Å²) < 4.78 is 0. The smallest absolute Gasteiger partial charge is 0.0165 e. The van der Waals surface area contributed by atoms with Gasteiger partial charge >= 0.3 is 0 Å². The number of hydrogen-bond acceptors (Lipinski definition) is 0. The van der Waals surface area contributed by atoms with Crippen molar-refractivity contribution in [2.24, 2.45) is 5.92 Å². The SMILES string of the molecule is C=C(C)C(C)=C(C)C(=C(C)C)C(CC)CC. The van der Waals surface area contributed by atoms with Gasteiger partial charge in [-0.15, -0.1) is 0 Å². The van der Waals surface area contributed by atoms with Gasteiger partial charge < -0.3 is 0 Å². The van der Waals surface area contributed by atoms with Gasteiger partial charge in [0, 0.05) is 0 Å². The van der Waals surface area contributed by atoms with Gasteiger partial charge in [0.15, 0.2) is 0 Å². The molecule has 0 bridgehead atoms. The molecule has 0 aromatic carbocycles. The maximum atomic E-state index is 4.05. The fourth-order valence-electron chi connectivity index (χ4n) is 2.31. The zero-order valence-corrected chi connectivity index (χ0v) is 12.2. The topological polar surface area (TPSA) is 0 Å². The first-order valence-electron chi connectivity index (χ1n) is 6.37. The number of allylic oxidation sites excluding steroid dienone is 5. The van der Waals surface area contributed by atoms with Crippen LogP contribution in [0.2, 0.25) is 0 Å². The molecular formula is C16H28. The molecular weight excluding hydrogens is 192 g/mol. The van der Waals surface area contributed by atoms with E-state index in [1.165, 1.54) is 35.1 Å². The number of rotatable bonds is 5. The van der Waals surface area contributed by atoms with Crippen molar-refractivity contribution < 1.29 is 0 Å². The van der Waals surface area contributed by atoms with Crippen molar-refractivity contribution in [3.8, 4) is 0 Å². The molecule has 0 atom stereocenters. The lowest BCUT2D eigenvalue weighted by Crippen LogP contribution is -2.06. The van der Waals surface area contributed by atoms with Crippen molar-refractivity contribution in [3.05, 3.63) is 34.4 Å². The molecule has 16 heavy (non-hydrogen) atoms. The fraction of sp³-hybridized carbons (Fsp3) is 0.625. The van der Waals surface area contributed by atoms with Gasteiger partial charge in [-0.3, -0.25) is 0 Å². The predicted molar refractivity (Wildman–Crippen MR) is 75.6 cm³/mol. The van der Waals surface area contributed by atoms with Crippen molar-refractivity contribution in [2.45, 2.75) is 61.3 Å². The van der Waals surface area contributed by atoms with Crippen LogP contribution in [0.1, 0.15) is 61.3 Å². The van der Waals surface area contributed by atoms with Crippen LogP contribution >= 0.6 is 0 Å². The molecule has 0 aliphatic carbocycles. The van der Waals surface area contributed by atoms with Crippen molar-refractivity contribution in [1.29, 1.82) is 0 Å². The lowest BCUT2D eigenvalue weighted by atomic mass is 9.83. The highest BCUT2D eigenvalue weighted by molar-refractivity contribution is 5.43. The van der Waals surface area contributed by atoms with Crippen molar-refractivity contribution in [1.82, 2.24) is 0 Å². The molecule has 0 amide bonds. The Balaban J connectivity index is 5.51. The standard InChI is InChI=1S/C16H28/c1-9-15(10-2)16(12(5)6)14(8)13(7)11(3)4/h15H,3,9-10H2,1-2,4-8H3. The highest BCUT2D eigenvalue weighted by Gasteiger charge is 2.15. The van der Waals surface area contributed by atoms with Gasteiger partial charge in [0.1, 0.15) is 0 Å². The minimum Gasteiger partial charge on any atom is -0.0958 e. The highest BCUT2D eigenvalue weighted by atomic mass is 14.2. The molecule has 0 aromatic rings. The van der Waals surface area contributed by atoms with Crippen LogP contribution in [0.3, 0.4) is 0 Å². The lowest BCUT2D eigenvalue weighted by molar-refractivity contribution is 0.571. The Kier molecular flexibility index (Phi) is 6.40. The van der Waals surface area contributed by atoms with E-state index in [2.05, 4.69) is 55.0 Å². The van der Waals surface area contributed by atoms with Gasteiger partial charge in [-0.1, -0.05) is 31.6 Å². The third-order valence-corrected chi connectivity index (χ3v) is 3.54. The maximum absolute atomic E-state index is 4.05. The summed E-state index contributed by atoms with van der Waals surface area (Å²) in [6.07, 6.45) is 2.44. The molecule has 0 aliphatic rings. The molecule has 0 unspecified atom stereocenters. The van der Waals surface area contributed by atoms with E-state index in [4.69, 9.17) is 0 Å². The normalized spacial score (nSPS) is 12.5. The second-order valence-electron chi connectivity index (χ2n) is 4.96. The second-order valence-corrected chi connectivity index (χ2v) is 4.96. The van der Waals surface area contributed by atoms with Crippen LogP contribution in [-0.2, 0) is 0 Å². The average Bonchev–Trinajstić information content (AvgIpc) is 2.22. The molecule has 0 saturated heterocycles. The first-order chi connectivity index (χ1) is 7.36. The van der Waals surface area contributed by atoms with Crippen molar-refractivity contribution >= 4 is 0 Å². The van der Waals surface area contributed by atoms with Crippen LogP contribution in [0.25, 0.3) is 0 Å². The van der Waals surface area contributed by atoms with E-state index in [1.807, 2.05) is 0 Å². The van der Waals surface area contributed by atoms with Gasteiger partial charge in [0.05, 0.1) is 0 Å². The largest absolute Gasteiger partial charge is 0.0958 e. The molecule has 0 saturated carbocycles. The van der Waals surface area contributed by atoms with E-state index in [0.29, 0.717) is 5.92 Å². The van der Waals surface area contributed by atoms with Gasteiger partial charge in [-0.25, -0.2) is 0 Å². The second kappa shape index (κ2) is 6.73. The Labute approximate surface area is 102 Å². The van der Waals surface area contributed by atoms with Crippen LogP contribution in [0, 0.1) is 5.92 Å². The summed E-state index contributed by atoms with van der Waals surface area (Å²) in [5, 5.41) is 0. The first kappa shape index (κ1) is 15.2. The van der Waals surface area contributed by atoms with E-state index in [-0.39, 0.29) is 0 Å². The Hall–Kier alpha value is -0.780. The summed E-state index contributed by atoms with van der Waals surface area (Å²) in [6.45, 7) is 19.6. The summed E-state index contributed by atoms with van der Waals surface area (Å²) >= 11 is 0. The quantitative estimate of drug-likeness (QED) is 0.523. The Morgan fingerprint density at radius 3 is 1.56 bits per heavy atom. The van der Waals surface area contributed by atoms with Crippen LogP contribution in [0.5, 0.6) is 0 Å². The van der Waals surface area contributed by atoms with Crippen molar-refractivity contribution in [3.63, 3.8) is 0 Å². The molecule has 0 fully saturated rings. The monoisotopic (exact) mass is 220 g/mol. The minimum absolute atomic E-state index is 0.694. The fourth-order valence-corrected chi connectivity index (χ4v) is 2.31. The predicted octanol–water partition coefficient (Wildman–Crippen LogP) is 5.67. The number of hydrogen-bond donors (Lipinski definition) is 0. The zero-order chi connectivity index (χ0) is 12.9. The summed E-state index contributed by atoms with van der Waals surface area (Å²) in [7, 11) is 0. The third kappa shape index (κ3) is 3.66. The molecule has 0 heterocycles. The first-order valence-corrected chi connectivity index (χ1v) is 6.37. The van der Waals surface area contributed by atoms with E-state index >= 15 is 0 Å². The van der Waals surface area contributed by atoms with E-state index in [9.17, 15) is 0 Å². The molecule has 0 radical (unpaired) electrons. The maximum Gasteiger partial charge on any atom is -0.0165 e. The molecule has 0 N–H and O–H groups in total.